The van der Waals surface area contributed by atoms with E-state index in [-0.39, 0.29) is 17.3 Å². The van der Waals surface area contributed by atoms with E-state index in [1.165, 1.54) is 16.4 Å². The van der Waals surface area contributed by atoms with Crippen LogP contribution in [0.5, 0.6) is 0 Å². The number of carbonyl (C=O) groups excluding carboxylic acids is 1. The number of nitrogens with one attached hydrogen (secondary N) is 1. The average molecular weight is 498 g/mol. The Bertz CT molecular complexity index is 1300. The van der Waals surface area contributed by atoms with Crippen molar-refractivity contribution in [3.63, 3.8) is 0 Å². The second-order valence-electron chi connectivity index (χ2n) is 7.20. The lowest BCUT2D eigenvalue weighted by molar-refractivity contribution is 0.0949. The number of rotatable bonds is 8. The van der Waals surface area contributed by atoms with Crippen LogP contribution < -0.4 is 16.1 Å². The van der Waals surface area contributed by atoms with Gasteiger partial charge in [-0.1, -0.05) is 28.9 Å². The highest BCUT2D eigenvalue weighted by molar-refractivity contribution is 7.98. The molecule has 0 aliphatic heterocycles. The van der Waals surface area contributed by atoms with Crippen molar-refractivity contribution in [2.75, 3.05) is 24.7 Å². The maximum Gasteiger partial charge on any atom is 0.293 e. The summed E-state index contributed by atoms with van der Waals surface area (Å²) in [4.78, 5) is 15.8. The van der Waals surface area contributed by atoms with Crippen LogP contribution in [0.3, 0.4) is 0 Å². The molecular weight excluding hydrogens is 478 g/mol. The summed E-state index contributed by atoms with van der Waals surface area (Å²) in [5.74, 6) is -0.0370. The number of hydrogen-bond acceptors (Lipinski definition) is 10. The largest absolute Gasteiger partial charge is 0.378 e. The molecule has 2 aromatic heterocycles. The van der Waals surface area contributed by atoms with E-state index >= 15 is 0 Å². The van der Waals surface area contributed by atoms with Crippen molar-refractivity contribution in [3.8, 4) is 5.82 Å². The molecule has 11 nitrogen and oxygen atoms in total. The zero-order valence-corrected chi connectivity index (χ0v) is 19.8. The van der Waals surface area contributed by atoms with Crippen LogP contribution >= 0.6 is 23.4 Å². The number of nitrogen functional groups attached to an aromatic ring is 1. The van der Waals surface area contributed by atoms with Gasteiger partial charge in [0.25, 0.3) is 5.91 Å². The molecule has 34 heavy (non-hydrogen) atoms. The Morgan fingerprint density at radius 2 is 1.94 bits per heavy atom. The van der Waals surface area contributed by atoms with Crippen molar-refractivity contribution in [2.45, 2.75) is 10.6 Å². The van der Waals surface area contributed by atoms with Crippen LogP contribution in [0, 0.1) is 0 Å². The Kier molecular flexibility index (Phi) is 7.09. The SMILES string of the molecule is CN(C)c1ccc(/C=N\NC(=O)c2nnn(-c3nonc3N)c2CSc2ccc(Cl)cc2)cc1. The number of anilines is 2. The van der Waals surface area contributed by atoms with Gasteiger partial charge < -0.3 is 10.6 Å². The molecule has 0 spiro atoms. The molecule has 2 aromatic carbocycles. The van der Waals surface area contributed by atoms with E-state index in [0.29, 0.717) is 16.5 Å². The van der Waals surface area contributed by atoms with E-state index in [1.807, 2.05) is 55.4 Å². The quantitative estimate of drug-likeness (QED) is 0.213. The molecule has 4 aromatic rings. The highest BCUT2D eigenvalue weighted by atomic mass is 35.5. The third-order valence-electron chi connectivity index (χ3n) is 4.65. The molecule has 0 atom stereocenters. The van der Waals surface area contributed by atoms with Crippen LogP contribution in [-0.2, 0) is 5.75 Å². The fourth-order valence-electron chi connectivity index (χ4n) is 2.87. The molecule has 4 rings (SSSR count). The van der Waals surface area contributed by atoms with Gasteiger partial charge in [0.15, 0.2) is 5.69 Å². The summed E-state index contributed by atoms with van der Waals surface area (Å²) in [7, 11) is 3.92. The summed E-state index contributed by atoms with van der Waals surface area (Å²) in [6.07, 6.45) is 1.55. The van der Waals surface area contributed by atoms with E-state index in [0.717, 1.165) is 16.1 Å². The number of amides is 1. The van der Waals surface area contributed by atoms with Gasteiger partial charge in [-0.05, 0) is 52.3 Å². The molecule has 0 aliphatic rings. The molecule has 1 amide bonds. The Morgan fingerprint density at radius 3 is 2.59 bits per heavy atom. The molecule has 13 heteroatoms. The van der Waals surface area contributed by atoms with Gasteiger partial charge in [0.05, 0.1) is 11.9 Å². The first kappa shape index (κ1) is 23.3. The van der Waals surface area contributed by atoms with Crippen LogP contribution in [-0.4, -0.2) is 51.5 Å². The van der Waals surface area contributed by atoms with Crippen LogP contribution in [0.1, 0.15) is 21.7 Å². The van der Waals surface area contributed by atoms with E-state index < -0.39 is 5.91 Å². The molecule has 0 unspecified atom stereocenters. The predicted octanol–water partition coefficient (Wildman–Crippen LogP) is 3.01. The highest BCUT2D eigenvalue weighted by Gasteiger charge is 2.24. The third kappa shape index (κ3) is 5.35. The molecular formula is C21H20ClN9O2S. The van der Waals surface area contributed by atoms with Crippen LogP contribution in [0.25, 0.3) is 5.82 Å². The average Bonchev–Trinajstić information content (AvgIpc) is 3.44. The number of halogens is 1. The van der Waals surface area contributed by atoms with Gasteiger partial charge >= 0.3 is 0 Å². The van der Waals surface area contributed by atoms with Crippen molar-refractivity contribution in [1.29, 1.82) is 0 Å². The predicted molar refractivity (Wildman–Crippen MR) is 130 cm³/mol. The van der Waals surface area contributed by atoms with Gasteiger partial charge in [-0.3, -0.25) is 4.79 Å². The fourth-order valence-corrected chi connectivity index (χ4v) is 3.89. The van der Waals surface area contributed by atoms with Crippen molar-refractivity contribution in [2.24, 2.45) is 5.10 Å². The van der Waals surface area contributed by atoms with Crippen LogP contribution in [0.4, 0.5) is 11.5 Å². The number of thioether (sulfide) groups is 1. The van der Waals surface area contributed by atoms with Crippen molar-refractivity contribution >= 4 is 47.0 Å². The minimum atomic E-state index is -0.533. The first-order valence-corrected chi connectivity index (χ1v) is 11.3. The number of nitrogens with two attached hydrogens (primary N) is 1. The number of nitrogens with zero attached hydrogens (tertiary/aromatic N) is 7. The lowest BCUT2D eigenvalue weighted by Crippen LogP contribution is -2.20. The van der Waals surface area contributed by atoms with Crippen LogP contribution in [0.15, 0.2) is 63.2 Å². The summed E-state index contributed by atoms with van der Waals surface area (Å²) >= 11 is 7.42. The van der Waals surface area contributed by atoms with E-state index in [9.17, 15) is 4.79 Å². The van der Waals surface area contributed by atoms with Gasteiger partial charge in [0, 0.05) is 35.5 Å². The number of aromatic nitrogens is 5. The van der Waals surface area contributed by atoms with Gasteiger partial charge in [-0.15, -0.1) is 16.9 Å². The first-order chi connectivity index (χ1) is 16.4. The molecule has 0 saturated heterocycles. The monoisotopic (exact) mass is 497 g/mol. The van der Waals surface area contributed by atoms with Crippen molar-refractivity contribution in [1.82, 2.24) is 30.7 Å². The number of hydrazone groups is 1. The minimum Gasteiger partial charge on any atom is -0.378 e. The Balaban J connectivity index is 1.53. The topological polar surface area (TPSA) is 140 Å². The molecule has 0 radical (unpaired) electrons. The summed E-state index contributed by atoms with van der Waals surface area (Å²) in [5, 5.41) is 20.1. The molecule has 2 heterocycles. The molecule has 0 aliphatic carbocycles. The lowest BCUT2D eigenvalue weighted by atomic mass is 10.2. The Labute approximate surface area is 203 Å². The molecule has 0 fully saturated rings. The number of hydrogen-bond donors (Lipinski definition) is 2. The minimum absolute atomic E-state index is 0.0220. The summed E-state index contributed by atoms with van der Waals surface area (Å²) in [5.41, 5.74) is 10.7. The molecule has 3 N–H and O–H groups in total. The Morgan fingerprint density at radius 1 is 1.21 bits per heavy atom. The van der Waals surface area contributed by atoms with Crippen molar-refractivity contribution in [3.05, 3.63) is 70.5 Å². The molecule has 0 bridgehead atoms. The Hall–Kier alpha value is -3.90. The zero-order chi connectivity index (χ0) is 24.1. The third-order valence-corrected chi connectivity index (χ3v) is 5.93. The normalized spacial score (nSPS) is 11.1. The maximum absolute atomic E-state index is 12.9. The number of carbonyl (C=O) groups is 1. The standard InChI is InChI=1S/C21H20ClN9O2S/c1-30(2)15-7-3-13(4-8-15)11-24-26-21(32)18-17(12-34-16-9-5-14(22)6-10-16)31(29-25-18)20-19(23)27-33-28-20/h3-11H,12H2,1-2H3,(H2,23,27)(H,26,32)/b24-11-. The van der Waals surface area contributed by atoms with Gasteiger partial charge in [0.1, 0.15) is 0 Å². The summed E-state index contributed by atoms with van der Waals surface area (Å²) in [6, 6.07) is 15.0. The summed E-state index contributed by atoms with van der Waals surface area (Å²) < 4.78 is 6.00. The second-order valence-corrected chi connectivity index (χ2v) is 8.68. The maximum atomic E-state index is 12.9. The molecule has 0 saturated carbocycles. The lowest BCUT2D eigenvalue weighted by Gasteiger charge is -2.11. The smallest absolute Gasteiger partial charge is 0.293 e. The van der Waals surface area contributed by atoms with Gasteiger partial charge in [-0.25, -0.2) is 10.1 Å². The zero-order valence-electron chi connectivity index (χ0n) is 18.2. The van der Waals surface area contributed by atoms with E-state index in [1.54, 1.807) is 18.3 Å². The molecule has 174 valence electrons. The van der Waals surface area contributed by atoms with Crippen molar-refractivity contribution < 1.29 is 9.42 Å². The fraction of sp³-hybridized carbons (Fsp3) is 0.143. The van der Waals surface area contributed by atoms with Gasteiger partial charge in [-0.2, -0.15) is 9.78 Å². The highest BCUT2D eigenvalue weighted by Crippen LogP contribution is 2.27. The van der Waals surface area contributed by atoms with Crippen LogP contribution in [0.2, 0.25) is 5.02 Å². The van der Waals surface area contributed by atoms with E-state index in [4.69, 9.17) is 17.3 Å². The van der Waals surface area contributed by atoms with E-state index in [2.05, 4.69) is 35.8 Å². The summed E-state index contributed by atoms with van der Waals surface area (Å²) in [6.45, 7) is 0. The number of benzene rings is 2. The second kappa shape index (κ2) is 10.4. The van der Waals surface area contributed by atoms with Gasteiger partial charge in [0.2, 0.25) is 11.6 Å². The first-order valence-electron chi connectivity index (χ1n) is 9.94.